The van der Waals surface area contributed by atoms with Crippen molar-refractivity contribution in [3.8, 4) is 0 Å². The van der Waals surface area contributed by atoms with E-state index in [-0.39, 0.29) is 0 Å². The van der Waals surface area contributed by atoms with Crippen molar-refractivity contribution in [2.75, 3.05) is 19.8 Å². The van der Waals surface area contributed by atoms with Gasteiger partial charge < -0.3 is 9.47 Å². The van der Waals surface area contributed by atoms with Crippen LogP contribution in [-0.4, -0.2) is 25.7 Å². The third-order valence-corrected chi connectivity index (χ3v) is 8.58. The maximum absolute atomic E-state index is 6.31. The highest BCUT2D eigenvalue weighted by Crippen LogP contribution is 2.19. The summed E-state index contributed by atoms with van der Waals surface area (Å²) < 4.78 is 12.6. The van der Waals surface area contributed by atoms with Crippen molar-refractivity contribution in [3.05, 3.63) is 0 Å². The summed E-state index contributed by atoms with van der Waals surface area (Å²) in [4.78, 5) is 0. The van der Waals surface area contributed by atoms with Crippen molar-refractivity contribution in [1.29, 1.82) is 0 Å². The maximum atomic E-state index is 6.31. The summed E-state index contributed by atoms with van der Waals surface area (Å²) in [5.41, 5.74) is 0. The predicted molar refractivity (Wildman–Crippen MR) is 179 cm³/mol. The molecule has 0 heterocycles. The van der Waals surface area contributed by atoms with E-state index in [9.17, 15) is 0 Å². The molecule has 0 bridgehead atoms. The molecule has 40 heavy (non-hydrogen) atoms. The molecule has 1 N–H and O–H groups in total. The van der Waals surface area contributed by atoms with Gasteiger partial charge in [0.05, 0.1) is 13.2 Å². The minimum atomic E-state index is -0.582. The summed E-state index contributed by atoms with van der Waals surface area (Å²) >= 11 is 0. The van der Waals surface area contributed by atoms with Crippen LogP contribution < -0.4 is 5.32 Å². The number of rotatable bonds is 35. The van der Waals surface area contributed by atoms with Gasteiger partial charge in [0, 0.05) is 6.42 Å². The second-order valence-corrected chi connectivity index (χ2v) is 12.5. The third-order valence-electron chi connectivity index (χ3n) is 8.58. The van der Waals surface area contributed by atoms with Crippen LogP contribution in [0.2, 0.25) is 0 Å². The van der Waals surface area contributed by atoms with Gasteiger partial charge >= 0.3 is 0 Å². The first-order valence-corrected chi connectivity index (χ1v) is 18.8. The molecule has 0 aliphatic carbocycles. The van der Waals surface area contributed by atoms with Crippen LogP contribution >= 0.6 is 0 Å². The van der Waals surface area contributed by atoms with E-state index in [1.165, 1.54) is 167 Å². The molecule has 0 radical (unpaired) electrons. The molecular weight excluding hydrogens is 490 g/mol. The van der Waals surface area contributed by atoms with E-state index in [4.69, 9.17) is 9.47 Å². The number of hydrogen-bond acceptors (Lipinski definition) is 3. The highest BCUT2D eigenvalue weighted by atomic mass is 16.7. The molecule has 242 valence electrons. The molecule has 0 aromatic rings. The summed E-state index contributed by atoms with van der Waals surface area (Å²) in [6.07, 6.45) is 39.8. The second kappa shape index (κ2) is 33.4. The Labute approximate surface area is 254 Å². The van der Waals surface area contributed by atoms with Gasteiger partial charge in [-0.05, 0) is 19.4 Å². The molecule has 0 saturated heterocycles. The largest absolute Gasteiger partial charge is 0.337 e. The Bertz CT molecular complexity index is 421. The molecule has 0 aromatic carbocycles. The van der Waals surface area contributed by atoms with Crippen LogP contribution in [0.3, 0.4) is 0 Å². The van der Waals surface area contributed by atoms with Crippen molar-refractivity contribution in [1.82, 2.24) is 5.32 Å². The van der Waals surface area contributed by atoms with E-state index >= 15 is 0 Å². The Balaban J connectivity index is 3.63. The number of ether oxygens (including phenoxy) is 2. The minimum Gasteiger partial charge on any atom is -0.337 e. The summed E-state index contributed by atoms with van der Waals surface area (Å²) in [6.45, 7) is 11.4. The fourth-order valence-electron chi connectivity index (χ4n) is 5.81. The lowest BCUT2D eigenvalue weighted by atomic mass is 10.0. The Morgan fingerprint density at radius 1 is 0.350 bits per heavy atom. The Kier molecular flexibility index (Phi) is 33.3. The third kappa shape index (κ3) is 28.0. The van der Waals surface area contributed by atoms with Gasteiger partial charge in [-0.1, -0.05) is 195 Å². The van der Waals surface area contributed by atoms with Crippen LogP contribution in [0.25, 0.3) is 0 Å². The van der Waals surface area contributed by atoms with Crippen molar-refractivity contribution in [2.24, 2.45) is 0 Å². The standard InChI is InChI=1S/C37H77NO2/c1-5-9-11-13-15-17-19-21-23-25-27-29-31-33-35-39-37(7-3,38-8-4)40-36-34-32-30-28-26-24-22-20-18-16-14-12-10-6-2/h38H,5-36H2,1-4H3. The average molecular weight is 568 g/mol. The molecule has 0 rings (SSSR count). The van der Waals surface area contributed by atoms with E-state index < -0.39 is 5.91 Å². The van der Waals surface area contributed by atoms with Crippen molar-refractivity contribution < 1.29 is 9.47 Å². The lowest BCUT2D eigenvalue weighted by Gasteiger charge is -2.33. The lowest BCUT2D eigenvalue weighted by molar-refractivity contribution is -0.258. The quantitative estimate of drug-likeness (QED) is 0.0610. The zero-order valence-electron chi connectivity index (χ0n) is 28.4. The molecule has 0 aliphatic rings. The fourth-order valence-corrected chi connectivity index (χ4v) is 5.81. The van der Waals surface area contributed by atoms with Gasteiger partial charge in [0.15, 0.2) is 0 Å². The van der Waals surface area contributed by atoms with Crippen molar-refractivity contribution in [3.63, 3.8) is 0 Å². The van der Waals surface area contributed by atoms with E-state index in [1.807, 2.05) is 0 Å². The monoisotopic (exact) mass is 568 g/mol. The van der Waals surface area contributed by atoms with Gasteiger partial charge in [-0.25, -0.2) is 0 Å². The number of nitrogens with one attached hydrogen (secondary N) is 1. The highest BCUT2D eigenvalue weighted by Gasteiger charge is 2.28. The molecule has 3 nitrogen and oxygen atoms in total. The van der Waals surface area contributed by atoms with Crippen molar-refractivity contribution in [2.45, 2.75) is 220 Å². The Morgan fingerprint density at radius 2 is 0.600 bits per heavy atom. The Morgan fingerprint density at radius 3 is 0.825 bits per heavy atom. The topological polar surface area (TPSA) is 30.5 Å². The van der Waals surface area contributed by atoms with Crippen LogP contribution in [0.4, 0.5) is 0 Å². The average Bonchev–Trinajstić information content (AvgIpc) is 2.97. The first-order chi connectivity index (χ1) is 19.7. The van der Waals surface area contributed by atoms with Crippen molar-refractivity contribution >= 4 is 0 Å². The molecule has 0 fully saturated rings. The minimum absolute atomic E-state index is 0.582. The SMILES string of the molecule is CCCCCCCCCCCCCCCCOC(CC)(NCC)OCCCCCCCCCCCCCCCC. The number of hydrogen-bond donors (Lipinski definition) is 1. The first-order valence-electron chi connectivity index (χ1n) is 18.8. The molecule has 0 unspecified atom stereocenters. The summed E-state index contributed by atoms with van der Waals surface area (Å²) in [5.74, 6) is -0.582. The molecular formula is C37H77NO2. The molecule has 0 atom stereocenters. The number of unbranched alkanes of at least 4 members (excludes halogenated alkanes) is 26. The summed E-state index contributed by atoms with van der Waals surface area (Å²) in [5, 5.41) is 3.50. The van der Waals surface area contributed by atoms with E-state index in [0.717, 1.165) is 39.0 Å². The van der Waals surface area contributed by atoms with Crippen LogP contribution in [0.1, 0.15) is 214 Å². The van der Waals surface area contributed by atoms with Gasteiger partial charge in [-0.15, -0.1) is 0 Å². The molecule has 3 heteroatoms. The molecule has 0 amide bonds. The first kappa shape index (κ1) is 39.9. The van der Waals surface area contributed by atoms with E-state index in [1.54, 1.807) is 0 Å². The van der Waals surface area contributed by atoms with Crippen LogP contribution in [0.15, 0.2) is 0 Å². The summed E-state index contributed by atoms with van der Waals surface area (Å²) in [6, 6.07) is 0. The van der Waals surface area contributed by atoms with Crippen LogP contribution in [0, 0.1) is 0 Å². The van der Waals surface area contributed by atoms with Gasteiger partial charge in [0.2, 0.25) is 5.91 Å². The normalized spacial score (nSPS) is 12.0. The van der Waals surface area contributed by atoms with Gasteiger partial charge in [0.25, 0.3) is 0 Å². The Hall–Kier alpha value is -0.120. The predicted octanol–water partition coefficient (Wildman–Crippen LogP) is 12.7. The smallest absolute Gasteiger partial charge is 0.227 e. The molecule has 0 aliphatic heterocycles. The zero-order chi connectivity index (χ0) is 29.2. The van der Waals surface area contributed by atoms with Gasteiger partial charge in [-0.2, -0.15) is 0 Å². The van der Waals surface area contributed by atoms with Crippen LogP contribution in [0.5, 0.6) is 0 Å². The molecule has 0 spiro atoms. The van der Waals surface area contributed by atoms with Gasteiger partial charge in [0.1, 0.15) is 0 Å². The fraction of sp³-hybridized carbons (Fsp3) is 1.00. The maximum Gasteiger partial charge on any atom is 0.227 e. The highest BCUT2D eigenvalue weighted by molar-refractivity contribution is 4.65. The zero-order valence-corrected chi connectivity index (χ0v) is 28.4. The summed E-state index contributed by atoms with van der Waals surface area (Å²) in [7, 11) is 0. The van der Waals surface area contributed by atoms with Crippen LogP contribution in [-0.2, 0) is 9.47 Å². The molecule has 0 aromatic heterocycles. The van der Waals surface area contributed by atoms with E-state index in [2.05, 4.69) is 33.0 Å². The van der Waals surface area contributed by atoms with E-state index in [0.29, 0.717) is 0 Å². The second-order valence-electron chi connectivity index (χ2n) is 12.5. The van der Waals surface area contributed by atoms with Gasteiger partial charge in [-0.3, -0.25) is 5.32 Å². The molecule has 0 saturated carbocycles. The lowest BCUT2D eigenvalue weighted by Crippen LogP contribution is -2.50.